The third-order valence-electron chi connectivity index (χ3n) is 3.01. The van der Waals surface area contributed by atoms with Crippen molar-refractivity contribution in [2.24, 2.45) is 5.73 Å². The van der Waals surface area contributed by atoms with Crippen molar-refractivity contribution < 1.29 is 8.42 Å². The third-order valence-corrected chi connectivity index (χ3v) is 6.31. The zero-order chi connectivity index (χ0) is 12.6. The van der Waals surface area contributed by atoms with Gasteiger partial charge in [0, 0.05) is 17.0 Å². The van der Waals surface area contributed by atoms with Crippen LogP contribution in [0.25, 0.3) is 0 Å². The van der Waals surface area contributed by atoms with Crippen LogP contribution in [0.15, 0.2) is 14.7 Å². The number of halogens is 1. The van der Waals surface area contributed by atoms with E-state index in [4.69, 9.17) is 5.73 Å². The molecule has 2 unspecified atom stereocenters. The second kappa shape index (κ2) is 4.97. The summed E-state index contributed by atoms with van der Waals surface area (Å²) in [6.45, 7) is 1.80. The molecule has 1 aliphatic carbocycles. The van der Waals surface area contributed by atoms with Crippen molar-refractivity contribution in [1.82, 2.24) is 4.72 Å². The van der Waals surface area contributed by atoms with E-state index in [0.717, 1.165) is 27.9 Å². The van der Waals surface area contributed by atoms with Crippen molar-refractivity contribution in [1.29, 1.82) is 0 Å². The summed E-state index contributed by atoms with van der Waals surface area (Å²) in [5.74, 6) is 0. The van der Waals surface area contributed by atoms with Crippen LogP contribution in [0.1, 0.15) is 24.1 Å². The average molecular weight is 339 g/mol. The van der Waals surface area contributed by atoms with Crippen molar-refractivity contribution in [3.05, 3.63) is 14.7 Å². The van der Waals surface area contributed by atoms with Crippen LogP contribution >= 0.6 is 27.3 Å². The van der Waals surface area contributed by atoms with Gasteiger partial charge in [-0.1, -0.05) is 6.42 Å². The van der Waals surface area contributed by atoms with Crippen molar-refractivity contribution in [2.45, 2.75) is 43.2 Å². The van der Waals surface area contributed by atoms with Gasteiger partial charge in [0.25, 0.3) is 0 Å². The number of nitrogens with one attached hydrogen (secondary N) is 1. The fourth-order valence-electron chi connectivity index (χ4n) is 2.10. The molecule has 0 bridgehead atoms. The summed E-state index contributed by atoms with van der Waals surface area (Å²) in [5.41, 5.74) is 5.87. The molecule has 1 aromatic rings. The van der Waals surface area contributed by atoms with Crippen molar-refractivity contribution in [3.8, 4) is 0 Å². The predicted molar refractivity (Wildman–Crippen MR) is 72.7 cm³/mol. The molecule has 3 N–H and O–H groups in total. The Morgan fingerprint density at radius 2 is 2.24 bits per heavy atom. The van der Waals surface area contributed by atoms with Gasteiger partial charge in [0.05, 0.1) is 8.68 Å². The first-order valence-electron chi connectivity index (χ1n) is 5.44. The topological polar surface area (TPSA) is 72.2 Å². The van der Waals surface area contributed by atoms with Crippen LogP contribution in [0.2, 0.25) is 0 Å². The fraction of sp³-hybridized carbons (Fsp3) is 0.600. The molecule has 1 saturated carbocycles. The van der Waals surface area contributed by atoms with E-state index in [0.29, 0.717) is 4.90 Å². The summed E-state index contributed by atoms with van der Waals surface area (Å²) in [7, 11) is -3.44. The molecule has 17 heavy (non-hydrogen) atoms. The number of sulfonamides is 1. The van der Waals surface area contributed by atoms with E-state index < -0.39 is 10.0 Å². The molecule has 0 amide bonds. The molecule has 0 aromatic carbocycles. The highest BCUT2D eigenvalue weighted by molar-refractivity contribution is 9.11. The smallest absolute Gasteiger partial charge is 0.242 e. The average Bonchev–Trinajstić information content (AvgIpc) is 2.74. The third kappa shape index (κ3) is 2.90. The number of thiophene rings is 1. The van der Waals surface area contributed by atoms with Gasteiger partial charge >= 0.3 is 0 Å². The van der Waals surface area contributed by atoms with Gasteiger partial charge < -0.3 is 5.73 Å². The Bertz CT molecular complexity index is 512. The van der Waals surface area contributed by atoms with Crippen LogP contribution in [0.3, 0.4) is 0 Å². The predicted octanol–water partition coefficient (Wildman–Crippen LogP) is 1.98. The summed E-state index contributed by atoms with van der Waals surface area (Å²) in [4.78, 5) is 1.14. The Hall–Kier alpha value is 0.0500. The highest BCUT2D eigenvalue weighted by Crippen LogP contribution is 2.30. The zero-order valence-electron chi connectivity index (χ0n) is 9.44. The van der Waals surface area contributed by atoms with E-state index in [2.05, 4.69) is 20.7 Å². The highest BCUT2D eigenvalue weighted by Gasteiger charge is 2.30. The van der Waals surface area contributed by atoms with Crippen LogP contribution in [0.4, 0.5) is 0 Å². The highest BCUT2D eigenvalue weighted by atomic mass is 79.9. The minimum atomic E-state index is -3.44. The van der Waals surface area contributed by atoms with Crippen LogP contribution < -0.4 is 10.5 Å². The van der Waals surface area contributed by atoms with Crippen molar-refractivity contribution in [3.63, 3.8) is 0 Å². The fourth-order valence-corrected chi connectivity index (χ4v) is 5.83. The molecule has 0 spiro atoms. The lowest BCUT2D eigenvalue weighted by Crippen LogP contribution is -2.43. The first kappa shape index (κ1) is 13.5. The molecule has 0 saturated heterocycles. The standard InChI is InChI=1S/C10H15BrN2O2S2/c1-6-9(5-10(11)16-6)17(14,15)13-8-4-2-3-7(8)12/h5,7-8,13H,2-4,12H2,1H3. The maximum atomic E-state index is 12.2. The van der Waals surface area contributed by atoms with Gasteiger partial charge in [-0.15, -0.1) is 11.3 Å². The SMILES string of the molecule is Cc1sc(Br)cc1S(=O)(=O)NC1CCCC1N. The van der Waals surface area contributed by atoms with E-state index in [-0.39, 0.29) is 12.1 Å². The van der Waals surface area contributed by atoms with Gasteiger partial charge in [-0.05, 0) is 41.8 Å². The van der Waals surface area contributed by atoms with Crippen LogP contribution in [-0.2, 0) is 10.0 Å². The summed E-state index contributed by atoms with van der Waals surface area (Å²) < 4.78 is 27.9. The molecule has 1 fully saturated rings. The van der Waals surface area contributed by atoms with Crippen LogP contribution in [0, 0.1) is 6.92 Å². The van der Waals surface area contributed by atoms with Gasteiger partial charge in [-0.2, -0.15) is 0 Å². The van der Waals surface area contributed by atoms with E-state index in [1.807, 2.05) is 0 Å². The Morgan fingerprint density at radius 3 is 2.71 bits per heavy atom. The molecule has 7 heteroatoms. The Balaban J connectivity index is 2.22. The van der Waals surface area contributed by atoms with Crippen molar-refractivity contribution >= 4 is 37.3 Å². The number of hydrogen-bond donors (Lipinski definition) is 2. The Morgan fingerprint density at radius 1 is 1.53 bits per heavy atom. The number of rotatable bonds is 3. The maximum Gasteiger partial charge on any atom is 0.242 e. The van der Waals surface area contributed by atoms with Gasteiger partial charge in [-0.25, -0.2) is 13.1 Å². The van der Waals surface area contributed by atoms with E-state index in [1.165, 1.54) is 11.3 Å². The molecule has 1 aliphatic rings. The molecule has 4 nitrogen and oxygen atoms in total. The lowest BCUT2D eigenvalue weighted by molar-refractivity contribution is 0.522. The molecule has 0 aliphatic heterocycles. The molecule has 1 heterocycles. The molecule has 96 valence electrons. The largest absolute Gasteiger partial charge is 0.326 e. The van der Waals surface area contributed by atoms with Gasteiger partial charge in [0.15, 0.2) is 0 Å². The summed E-state index contributed by atoms with van der Waals surface area (Å²) in [6, 6.07) is 1.45. The molecule has 1 aromatic heterocycles. The molecule has 0 radical (unpaired) electrons. The lowest BCUT2D eigenvalue weighted by atomic mass is 10.2. The van der Waals surface area contributed by atoms with E-state index >= 15 is 0 Å². The van der Waals surface area contributed by atoms with Gasteiger partial charge in [-0.3, -0.25) is 0 Å². The minimum Gasteiger partial charge on any atom is -0.326 e. The first-order chi connectivity index (χ1) is 7.90. The minimum absolute atomic E-state index is 0.0628. The van der Waals surface area contributed by atoms with Crippen LogP contribution in [0.5, 0.6) is 0 Å². The number of aryl methyl sites for hydroxylation is 1. The normalized spacial score (nSPS) is 25.4. The molecule has 2 rings (SSSR count). The lowest BCUT2D eigenvalue weighted by Gasteiger charge is -2.17. The Kier molecular flexibility index (Phi) is 3.94. The zero-order valence-corrected chi connectivity index (χ0v) is 12.7. The monoisotopic (exact) mass is 338 g/mol. The maximum absolute atomic E-state index is 12.2. The Labute approximate surface area is 114 Å². The first-order valence-corrected chi connectivity index (χ1v) is 8.53. The molecule has 2 atom stereocenters. The second-order valence-electron chi connectivity index (χ2n) is 4.29. The van der Waals surface area contributed by atoms with Gasteiger partial charge in [0.1, 0.15) is 0 Å². The second-order valence-corrected chi connectivity index (χ2v) is 8.61. The van der Waals surface area contributed by atoms with Crippen molar-refractivity contribution in [2.75, 3.05) is 0 Å². The summed E-state index contributed by atoms with van der Waals surface area (Å²) >= 11 is 4.72. The quantitative estimate of drug-likeness (QED) is 0.884. The van der Waals surface area contributed by atoms with E-state index in [9.17, 15) is 8.42 Å². The van der Waals surface area contributed by atoms with Crippen LogP contribution in [-0.4, -0.2) is 20.5 Å². The number of hydrogen-bond acceptors (Lipinski definition) is 4. The number of nitrogens with two attached hydrogens (primary N) is 1. The molecular formula is C10H15BrN2O2S2. The molecular weight excluding hydrogens is 324 g/mol. The summed E-state index contributed by atoms with van der Waals surface area (Å²) in [5, 5.41) is 0. The van der Waals surface area contributed by atoms with E-state index in [1.54, 1.807) is 13.0 Å². The summed E-state index contributed by atoms with van der Waals surface area (Å²) in [6.07, 6.45) is 2.70. The van der Waals surface area contributed by atoms with Gasteiger partial charge in [0.2, 0.25) is 10.0 Å².